The van der Waals surface area contributed by atoms with Crippen LogP contribution in [0.5, 0.6) is 5.75 Å². The van der Waals surface area contributed by atoms with Gasteiger partial charge < -0.3 is 4.74 Å². The Hall–Kier alpha value is -1.55. The van der Waals surface area contributed by atoms with Gasteiger partial charge in [-0.3, -0.25) is 10.0 Å². The fraction of sp³-hybridized carbons (Fsp3) is 0.300. The largest absolute Gasteiger partial charge is 0.497 e. The quantitative estimate of drug-likeness (QED) is 0.560. The highest BCUT2D eigenvalue weighted by molar-refractivity contribution is 5.77. The van der Waals surface area contributed by atoms with E-state index in [1.807, 2.05) is 19.1 Å². The number of rotatable bonds is 3. The number of hydrogen-bond acceptors (Lipinski definition) is 3. The molecule has 0 unspecified atom stereocenters. The highest BCUT2D eigenvalue weighted by Crippen LogP contribution is 2.16. The number of aryl methyl sites for hydroxylation is 1. The van der Waals surface area contributed by atoms with Crippen molar-refractivity contribution < 1.29 is 14.7 Å². The molecule has 0 aliphatic heterocycles. The first-order valence-corrected chi connectivity index (χ1v) is 4.23. The molecule has 0 bridgehead atoms. The molecule has 1 aromatic rings. The van der Waals surface area contributed by atoms with Crippen molar-refractivity contribution in [2.45, 2.75) is 13.3 Å². The zero-order valence-corrected chi connectivity index (χ0v) is 8.20. The molecule has 1 amide bonds. The van der Waals surface area contributed by atoms with E-state index >= 15 is 0 Å². The van der Waals surface area contributed by atoms with Gasteiger partial charge >= 0.3 is 0 Å². The summed E-state index contributed by atoms with van der Waals surface area (Å²) in [4.78, 5) is 10.9. The summed E-state index contributed by atoms with van der Waals surface area (Å²) in [6, 6.07) is 5.51. The Kier molecular flexibility index (Phi) is 3.48. The van der Waals surface area contributed by atoms with Crippen molar-refractivity contribution in [3.63, 3.8) is 0 Å². The van der Waals surface area contributed by atoms with Crippen LogP contribution >= 0.6 is 0 Å². The molecular weight excluding hydrogens is 182 g/mol. The van der Waals surface area contributed by atoms with E-state index in [1.165, 1.54) is 0 Å². The maximum absolute atomic E-state index is 10.9. The molecule has 76 valence electrons. The molecule has 14 heavy (non-hydrogen) atoms. The van der Waals surface area contributed by atoms with Crippen LogP contribution < -0.4 is 10.2 Å². The molecule has 0 saturated carbocycles. The lowest BCUT2D eigenvalue weighted by Crippen LogP contribution is -2.20. The minimum atomic E-state index is -0.433. The summed E-state index contributed by atoms with van der Waals surface area (Å²) in [6.45, 7) is 1.92. The highest BCUT2D eigenvalue weighted by Gasteiger charge is 2.04. The lowest BCUT2D eigenvalue weighted by atomic mass is 10.1. The Morgan fingerprint density at radius 3 is 2.79 bits per heavy atom. The minimum absolute atomic E-state index is 0.147. The van der Waals surface area contributed by atoms with Crippen molar-refractivity contribution in [2.75, 3.05) is 7.11 Å². The van der Waals surface area contributed by atoms with Gasteiger partial charge in [-0.05, 0) is 30.2 Å². The summed E-state index contributed by atoms with van der Waals surface area (Å²) < 4.78 is 5.06. The zero-order valence-electron chi connectivity index (χ0n) is 8.20. The van der Waals surface area contributed by atoms with E-state index in [2.05, 4.69) is 0 Å². The van der Waals surface area contributed by atoms with Crippen LogP contribution in [0.4, 0.5) is 0 Å². The average molecular weight is 195 g/mol. The van der Waals surface area contributed by atoms with E-state index < -0.39 is 5.91 Å². The minimum Gasteiger partial charge on any atom is -0.497 e. The molecule has 0 aromatic heterocycles. The predicted molar refractivity (Wildman–Crippen MR) is 51.4 cm³/mol. The smallest absolute Gasteiger partial charge is 0.247 e. The van der Waals surface area contributed by atoms with Crippen LogP contribution in [0.2, 0.25) is 0 Å². The second-order valence-corrected chi connectivity index (χ2v) is 3.07. The molecule has 0 fully saturated rings. The van der Waals surface area contributed by atoms with Crippen LogP contribution in [0.1, 0.15) is 11.1 Å². The predicted octanol–water partition coefficient (Wildman–Crippen LogP) is 1.05. The van der Waals surface area contributed by atoms with Crippen molar-refractivity contribution in [1.82, 2.24) is 5.48 Å². The monoisotopic (exact) mass is 195 g/mol. The van der Waals surface area contributed by atoms with E-state index in [-0.39, 0.29) is 6.42 Å². The molecule has 0 saturated heterocycles. The van der Waals surface area contributed by atoms with Crippen LogP contribution in [0.15, 0.2) is 18.2 Å². The van der Waals surface area contributed by atoms with Crippen LogP contribution in [0.25, 0.3) is 0 Å². The standard InChI is InChI=1S/C10H13NO3/c1-7-3-8(6-10(12)11-13)5-9(4-7)14-2/h3-5,13H,6H2,1-2H3,(H,11,12). The first-order chi connectivity index (χ1) is 6.65. The van der Waals surface area contributed by atoms with E-state index in [0.717, 1.165) is 11.1 Å². The van der Waals surface area contributed by atoms with Crippen molar-refractivity contribution in [2.24, 2.45) is 0 Å². The second-order valence-electron chi connectivity index (χ2n) is 3.07. The lowest BCUT2D eigenvalue weighted by molar-refractivity contribution is -0.128. The maximum atomic E-state index is 10.9. The van der Waals surface area contributed by atoms with E-state index in [1.54, 1.807) is 18.7 Å². The Bertz CT molecular complexity index is 336. The summed E-state index contributed by atoms with van der Waals surface area (Å²) >= 11 is 0. The molecule has 1 rings (SSSR count). The van der Waals surface area contributed by atoms with E-state index in [0.29, 0.717) is 5.75 Å². The normalized spacial score (nSPS) is 9.64. The van der Waals surface area contributed by atoms with Crippen LogP contribution in [0, 0.1) is 6.92 Å². The molecule has 0 atom stereocenters. The molecule has 0 radical (unpaired) electrons. The molecule has 4 heteroatoms. The summed E-state index contributed by atoms with van der Waals surface area (Å²) in [6.07, 6.45) is 0.147. The third-order valence-corrected chi connectivity index (χ3v) is 1.84. The van der Waals surface area contributed by atoms with Crippen molar-refractivity contribution in [1.29, 1.82) is 0 Å². The fourth-order valence-corrected chi connectivity index (χ4v) is 1.27. The Morgan fingerprint density at radius 2 is 2.21 bits per heavy atom. The Labute approximate surface area is 82.5 Å². The average Bonchev–Trinajstić information content (AvgIpc) is 2.16. The Morgan fingerprint density at radius 1 is 1.50 bits per heavy atom. The van der Waals surface area contributed by atoms with E-state index in [4.69, 9.17) is 9.94 Å². The van der Waals surface area contributed by atoms with E-state index in [9.17, 15) is 4.79 Å². The molecule has 1 aromatic carbocycles. The lowest BCUT2D eigenvalue weighted by Gasteiger charge is -2.05. The Balaban J connectivity index is 2.86. The first kappa shape index (κ1) is 10.5. The summed E-state index contributed by atoms with van der Waals surface area (Å²) in [5, 5.41) is 8.36. The van der Waals surface area contributed by atoms with Gasteiger partial charge in [0.15, 0.2) is 0 Å². The van der Waals surface area contributed by atoms with Gasteiger partial charge in [0.1, 0.15) is 5.75 Å². The fourth-order valence-electron chi connectivity index (χ4n) is 1.27. The first-order valence-electron chi connectivity index (χ1n) is 4.23. The van der Waals surface area contributed by atoms with Gasteiger partial charge in [0.25, 0.3) is 0 Å². The molecular formula is C10H13NO3. The second kappa shape index (κ2) is 4.62. The number of amides is 1. The third-order valence-electron chi connectivity index (χ3n) is 1.84. The van der Waals surface area contributed by atoms with Crippen LogP contribution in [-0.2, 0) is 11.2 Å². The SMILES string of the molecule is COc1cc(C)cc(CC(=O)NO)c1. The number of ether oxygens (including phenoxy) is 1. The third kappa shape index (κ3) is 2.74. The van der Waals surface area contributed by atoms with Gasteiger partial charge in [0.2, 0.25) is 5.91 Å². The van der Waals surface area contributed by atoms with Gasteiger partial charge in [-0.15, -0.1) is 0 Å². The van der Waals surface area contributed by atoms with Gasteiger partial charge in [0, 0.05) is 0 Å². The highest BCUT2D eigenvalue weighted by atomic mass is 16.5. The number of carbonyl (C=O) groups excluding carboxylic acids is 1. The van der Waals surface area contributed by atoms with Crippen molar-refractivity contribution in [3.8, 4) is 5.75 Å². The molecule has 4 nitrogen and oxygen atoms in total. The van der Waals surface area contributed by atoms with Crippen molar-refractivity contribution >= 4 is 5.91 Å². The van der Waals surface area contributed by atoms with Crippen molar-refractivity contribution in [3.05, 3.63) is 29.3 Å². The maximum Gasteiger partial charge on any atom is 0.247 e. The number of hydrogen-bond donors (Lipinski definition) is 2. The molecule has 2 N–H and O–H groups in total. The van der Waals surface area contributed by atoms with Gasteiger partial charge in [-0.2, -0.15) is 0 Å². The van der Waals surface area contributed by atoms with Gasteiger partial charge in [-0.1, -0.05) is 6.07 Å². The summed E-state index contributed by atoms with van der Waals surface area (Å²) in [5.74, 6) is 0.281. The summed E-state index contributed by atoms with van der Waals surface area (Å²) in [5.41, 5.74) is 3.42. The number of methoxy groups -OCH3 is 1. The number of benzene rings is 1. The van der Waals surface area contributed by atoms with Gasteiger partial charge in [-0.25, -0.2) is 5.48 Å². The van der Waals surface area contributed by atoms with Crippen LogP contribution in [0.3, 0.4) is 0 Å². The number of nitrogens with one attached hydrogen (secondary N) is 1. The summed E-state index contributed by atoms with van der Waals surface area (Å²) in [7, 11) is 1.57. The molecule has 0 aliphatic carbocycles. The molecule has 0 aliphatic rings. The topological polar surface area (TPSA) is 58.6 Å². The molecule has 0 spiro atoms. The van der Waals surface area contributed by atoms with Crippen LogP contribution in [-0.4, -0.2) is 18.2 Å². The zero-order chi connectivity index (χ0) is 10.6. The number of carbonyl (C=O) groups is 1. The van der Waals surface area contributed by atoms with Gasteiger partial charge in [0.05, 0.1) is 13.5 Å². The molecule has 0 heterocycles. The number of hydroxylamine groups is 1.